The van der Waals surface area contributed by atoms with Crippen molar-refractivity contribution in [1.82, 2.24) is 29.9 Å². The van der Waals surface area contributed by atoms with Crippen LogP contribution in [0.4, 0.5) is 11.9 Å². The van der Waals surface area contributed by atoms with Gasteiger partial charge in [-0.3, -0.25) is 0 Å². The number of anilines is 2. The molecular formula is C14H20N8O4. The Labute approximate surface area is 150 Å². The Morgan fingerprint density at radius 3 is 1.00 bits per heavy atom. The quantitative estimate of drug-likeness (QED) is 0.651. The summed E-state index contributed by atoms with van der Waals surface area (Å²) in [7, 11) is 5.99. The molecule has 2 aromatic rings. The molecule has 26 heavy (non-hydrogen) atoms. The highest BCUT2D eigenvalue weighted by atomic mass is 16.5. The first-order chi connectivity index (χ1) is 12.7. The van der Waals surface area contributed by atoms with Gasteiger partial charge < -0.3 is 28.7 Å². The van der Waals surface area contributed by atoms with Gasteiger partial charge in [-0.05, 0) is 0 Å². The number of nitrogens with zero attached hydrogens (tertiary/aromatic N) is 8. The van der Waals surface area contributed by atoms with E-state index in [0.29, 0.717) is 38.1 Å². The molecule has 1 fully saturated rings. The minimum absolute atomic E-state index is 0.209. The van der Waals surface area contributed by atoms with E-state index in [0.717, 1.165) is 0 Å². The summed E-state index contributed by atoms with van der Waals surface area (Å²) in [4.78, 5) is 29.2. The fourth-order valence-corrected chi connectivity index (χ4v) is 2.41. The van der Waals surface area contributed by atoms with Gasteiger partial charge in [-0.2, -0.15) is 19.9 Å². The van der Waals surface area contributed by atoms with Crippen LogP contribution >= 0.6 is 0 Å². The van der Waals surface area contributed by atoms with E-state index in [1.165, 1.54) is 28.4 Å². The maximum Gasteiger partial charge on any atom is 0.324 e. The van der Waals surface area contributed by atoms with Crippen LogP contribution in [0.25, 0.3) is 0 Å². The predicted octanol–water partition coefficient (Wildman–Crippen LogP) is -0.582. The Bertz CT molecular complexity index is 646. The van der Waals surface area contributed by atoms with Crippen LogP contribution in [0, 0.1) is 0 Å². The summed E-state index contributed by atoms with van der Waals surface area (Å²) in [5.74, 6) is 0.998. The molecule has 12 heteroatoms. The normalized spacial score (nSPS) is 14.2. The monoisotopic (exact) mass is 364 g/mol. The van der Waals surface area contributed by atoms with Crippen LogP contribution in [0.15, 0.2) is 0 Å². The third-order valence-electron chi connectivity index (χ3n) is 3.74. The smallest absolute Gasteiger partial charge is 0.324 e. The van der Waals surface area contributed by atoms with Crippen LogP contribution < -0.4 is 28.7 Å². The van der Waals surface area contributed by atoms with Crippen molar-refractivity contribution in [3.05, 3.63) is 0 Å². The van der Waals surface area contributed by atoms with E-state index in [4.69, 9.17) is 18.9 Å². The van der Waals surface area contributed by atoms with Gasteiger partial charge in [0, 0.05) is 26.2 Å². The van der Waals surface area contributed by atoms with Gasteiger partial charge >= 0.3 is 24.0 Å². The van der Waals surface area contributed by atoms with Crippen LogP contribution in [0.2, 0.25) is 0 Å². The maximum atomic E-state index is 5.10. The van der Waals surface area contributed by atoms with Crippen LogP contribution in [0.1, 0.15) is 0 Å². The van der Waals surface area contributed by atoms with Gasteiger partial charge in [0.2, 0.25) is 11.9 Å². The molecule has 1 aliphatic heterocycles. The van der Waals surface area contributed by atoms with E-state index in [-0.39, 0.29) is 24.0 Å². The Morgan fingerprint density at radius 1 is 0.500 bits per heavy atom. The molecule has 0 unspecified atom stereocenters. The third kappa shape index (κ3) is 3.73. The molecule has 140 valence electrons. The van der Waals surface area contributed by atoms with Gasteiger partial charge in [0.25, 0.3) is 0 Å². The lowest BCUT2D eigenvalue weighted by Crippen LogP contribution is -2.47. The molecule has 0 bridgehead atoms. The number of piperazine rings is 1. The summed E-state index contributed by atoms with van der Waals surface area (Å²) >= 11 is 0. The minimum Gasteiger partial charge on any atom is -0.467 e. The molecule has 0 N–H and O–H groups in total. The standard InChI is InChI=1S/C14H20N8O4/c1-23-11-15-9(16-12(19-11)24-2)21-5-7-22(8-6-21)10-17-13(25-3)20-14(18-10)26-4/h5-8H2,1-4H3. The Balaban J connectivity index is 1.73. The number of hydrogen-bond acceptors (Lipinski definition) is 12. The average molecular weight is 364 g/mol. The van der Waals surface area contributed by atoms with E-state index in [1.54, 1.807) is 0 Å². The molecule has 3 heterocycles. The molecular weight excluding hydrogens is 344 g/mol. The fraction of sp³-hybridized carbons (Fsp3) is 0.571. The zero-order valence-electron chi connectivity index (χ0n) is 15.0. The molecule has 0 aromatic carbocycles. The number of hydrogen-bond donors (Lipinski definition) is 0. The van der Waals surface area contributed by atoms with Crippen molar-refractivity contribution in [2.45, 2.75) is 0 Å². The first-order valence-corrected chi connectivity index (χ1v) is 7.84. The Hall–Kier alpha value is -3.18. The third-order valence-corrected chi connectivity index (χ3v) is 3.74. The lowest BCUT2D eigenvalue weighted by atomic mass is 10.3. The van der Waals surface area contributed by atoms with Gasteiger partial charge in [0.05, 0.1) is 28.4 Å². The highest BCUT2D eigenvalue weighted by Gasteiger charge is 2.23. The van der Waals surface area contributed by atoms with Gasteiger partial charge in [-0.1, -0.05) is 0 Å². The van der Waals surface area contributed by atoms with Crippen molar-refractivity contribution in [1.29, 1.82) is 0 Å². The first-order valence-electron chi connectivity index (χ1n) is 7.84. The molecule has 12 nitrogen and oxygen atoms in total. The molecule has 0 atom stereocenters. The van der Waals surface area contributed by atoms with Crippen LogP contribution in [-0.4, -0.2) is 84.5 Å². The number of methoxy groups -OCH3 is 4. The van der Waals surface area contributed by atoms with Crippen molar-refractivity contribution < 1.29 is 18.9 Å². The minimum atomic E-state index is 0.209. The topological polar surface area (TPSA) is 121 Å². The molecule has 3 rings (SSSR count). The molecule has 0 aliphatic carbocycles. The number of aromatic nitrogens is 6. The van der Waals surface area contributed by atoms with E-state index in [9.17, 15) is 0 Å². The second-order valence-electron chi connectivity index (χ2n) is 5.19. The van der Waals surface area contributed by atoms with E-state index < -0.39 is 0 Å². The molecule has 0 spiro atoms. The number of rotatable bonds is 6. The number of ether oxygens (including phenoxy) is 4. The second kappa shape index (κ2) is 7.80. The first kappa shape index (κ1) is 17.6. The van der Waals surface area contributed by atoms with E-state index in [1.807, 2.05) is 9.80 Å². The zero-order chi connectivity index (χ0) is 18.5. The fourth-order valence-electron chi connectivity index (χ4n) is 2.41. The highest BCUT2D eigenvalue weighted by molar-refractivity contribution is 5.39. The average Bonchev–Trinajstić information content (AvgIpc) is 2.72. The Morgan fingerprint density at radius 2 is 0.769 bits per heavy atom. The van der Waals surface area contributed by atoms with Crippen molar-refractivity contribution >= 4 is 11.9 Å². The second-order valence-corrected chi connectivity index (χ2v) is 5.19. The highest BCUT2D eigenvalue weighted by Crippen LogP contribution is 2.21. The SMILES string of the molecule is COc1nc(OC)nc(N2CCN(c3nc(OC)nc(OC)n3)CC2)n1. The molecule has 1 saturated heterocycles. The lowest BCUT2D eigenvalue weighted by Gasteiger charge is -2.34. The van der Waals surface area contributed by atoms with Crippen molar-refractivity contribution in [3.63, 3.8) is 0 Å². The van der Waals surface area contributed by atoms with Gasteiger partial charge in [-0.15, -0.1) is 9.97 Å². The van der Waals surface area contributed by atoms with Gasteiger partial charge in [0.15, 0.2) is 0 Å². The largest absolute Gasteiger partial charge is 0.467 e. The van der Waals surface area contributed by atoms with Crippen molar-refractivity contribution in [3.8, 4) is 24.0 Å². The summed E-state index contributed by atoms with van der Waals surface area (Å²) in [5, 5.41) is 0. The van der Waals surface area contributed by atoms with Gasteiger partial charge in [0.1, 0.15) is 0 Å². The van der Waals surface area contributed by atoms with Crippen molar-refractivity contribution in [2.24, 2.45) is 0 Å². The van der Waals surface area contributed by atoms with Gasteiger partial charge in [-0.25, -0.2) is 0 Å². The Kier molecular flexibility index (Phi) is 5.29. The molecule has 2 aromatic heterocycles. The lowest BCUT2D eigenvalue weighted by molar-refractivity contribution is 0.338. The summed E-state index contributed by atoms with van der Waals surface area (Å²) < 4.78 is 20.4. The van der Waals surface area contributed by atoms with Crippen molar-refractivity contribution in [2.75, 3.05) is 64.4 Å². The summed E-state index contributed by atoms with van der Waals surface area (Å²) in [6.07, 6.45) is 0. The maximum absolute atomic E-state index is 5.10. The predicted molar refractivity (Wildman–Crippen MR) is 90.3 cm³/mol. The molecule has 1 aliphatic rings. The zero-order valence-corrected chi connectivity index (χ0v) is 15.0. The van der Waals surface area contributed by atoms with E-state index >= 15 is 0 Å². The van der Waals surface area contributed by atoms with E-state index in [2.05, 4.69) is 29.9 Å². The molecule has 0 amide bonds. The van der Waals surface area contributed by atoms with Crippen LogP contribution in [-0.2, 0) is 0 Å². The summed E-state index contributed by atoms with van der Waals surface area (Å²) in [6.45, 7) is 2.64. The summed E-state index contributed by atoms with van der Waals surface area (Å²) in [6, 6.07) is 0.838. The van der Waals surface area contributed by atoms with Crippen LogP contribution in [0.5, 0.6) is 24.0 Å². The van der Waals surface area contributed by atoms with Crippen LogP contribution in [0.3, 0.4) is 0 Å². The molecule has 0 saturated carbocycles. The summed E-state index contributed by atoms with van der Waals surface area (Å²) in [5.41, 5.74) is 0. The molecule has 0 radical (unpaired) electrons.